The Morgan fingerprint density at radius 1 is 1.07 bits per heavy atom. The van der Waals surface area contributed by atoms with Crippen LogP contribution in [0.4, 0.5) is 10.8 Å². The van der Waals surface area contributed by atoms with Crippen molar-refractivity contribution in [3.8, 4) is 11.3 Å². The van der Waals surface area contributed by atoms with Gasteiger partial charge in [-0.15, -0.1) is 23.1 Å². The van der Waals surface area contributed by atoms with Gasteiger partial charge in [0.2, 0.25) is 11.8 Å². The van der Waals surface area contributed by atoms with E-state index < -0.39 is 0 Å². The summed E-state index contributed by atoms with van der Waals surface area (Å²) in [4.78, 5) is 29.5. The molecule has 0 bridgehead atoms. The van der Waals surface area contributed by atoms with Crippen LogP contribution in [0.2, 0.25) is 0 Å². The Morgan fingerprint density at radius 3 is 2.68 bits per heavy atom. The van der Waals surface area contributed by atoms with Crippen molar-refractivity contribution >= 4 is 45.7 Å². The van der Waals surface area contributed by atoms with Crippen LogP contribution in [-0.2, 0) is 9.59 Å². The predicted octanol–water partition coefficient (Wildman–Crippen LogP) is 4.89. The molecule has 2 aromatic carbocycles. The summed E-state index contributed by atoms with van der Waals surface area (Å²) < 4.78 is 0. The minimum Gasteiger partial charge on any atom is -0.326 e. The molecule has 0 radical (unpaired) electrons. The highest BCUT2D eigenvalue weighted by atomic mass is 32.2. The lowest BCUT2D eigenvalue weighted by Crippen LogP contribution is -2.14. The minimum atomic E-state index is -0.105. The Labute approximate surface area is 171 Å². The van der Waals surface area contributed by atoms with Crippen LogP contribution in [0.3, 0.4) is 0 Å². The molecule has 0 spiro atoms. The first-order valence-corrected chi connectivity index (χ1v) is 10.9. The van der Waals surface area contributed by atoms with Crippen LogP contribution < -0.4 is 10.6 Å². The lowest BCUT2D eigenvalue weighted by atomic mass is 10.2. The van der Waals surface area contributed by atoms with E-state index in [4.69, 9.17) is 0 Å². The minimum absolute atomic E-state index is 0.0814. The van der Waals surface area contributed by atoms with Gasteiger partial charge in [0.1, 0.15) is 0 Å². The fraction of sp³-hybridized carbons (Fsp3) is 0.190. The van der Waals surface area contributed by atoms with Gasteiger partial charge in [0.25, 0.3) is 0 Å². The maximum atomic E-state index is 12.3. The average Bonchev–Trinajstić information content (AvgIpc) is 3.47. The quantitative estimate of drug-likeness (QED) is 0.545. The van der Waals surface area contributed by atoms with Crippen LogP contribution in [0.15, 0.2) is 64.9 Å². The van der Waals surface area contributed by atoms with Crippen molar-refractivity contribution in [1.29, 1.82) is 0 Å². The van der Waals surface area contributed by atoms with Gasteiger partial charge in [-0.2, -0.15) is 0 Å². The monoisotopic (exact) mass is 409 g/mol. The highest BCUT2D eigenvalue weighted by Gasteiger charge is 2.29. The van der Waals surface area contributed by atoms with Crippen molar-refractivity contribution in [2.24, 2.45) is 5.92 Å². The number of carbonyl (C=O) groups excluding carboxylic acids is 2. The van der Waals surface area contributed by atoms with Crippen molar-refractivity contribution in [3.05, 3.63) is 60.0 Å². The van der Waals surface area contributed by atoms with Gasteiger partial charge < -0.3 is 10.6 Å². The first-order chi connectivity index (χ1) is 13.7. The van der Waals surface area contributed by atoms with Gasteiger partial charge in [0, 0.05) is 27.4 Å². The number of hydrogen-bond donors (Lipinski definition) is 2. The molecule has 1 fully saturated rings. The van der Waals surface area contributed by atoms with Gasteiger partial charge in [0.05, 0.1) is 11.4 Å². The number of thiazole rings is 1. The van der Waals surface area contributed by atoms with Crippen LogP contribution in [-0.4, -0.2) is 22.6 Å². The van der Waals surface area contributed by atoms with Gasteiger partial charge in [0.15, 0.2) is 5.13 Å². The van der Waals surface area contributed by atoms with Crippen molar-refractivity contribution in [2.75, 3.05) is 16.4 Å². The maximum Gasteiger partial charge on any atom is 0.236 e. The van der Waals surface area contributed by atoms with Crippen LogP contribution >= 0.6 is 23.1 Å². The number of aromatic nitrogens is 1. The number of benzene rings is 2. The number of carbonyl (C=O) groups is 2. The van der Waals surface area contributed by atoms with E-state index in [1.165, 1.54) is 23.1 Å². The Balaban J connectivity index is 1.30. The molecule has 1 saturated carbocycles. The van der Waals surface area contributed by atoms with E-state index in [0.29, 0.717) is 5.13 Å². The van der Waals surface area contributed by atoms with Crippen molar-refractivity contribution in [2.45, 2.75) is 17.7 Å². The van der Waals surface area contributed by atoms with Crippen LogP contribution in [0, 0.1) is 5.92 Å². The smallest absolute Gasteiger partial charge is 0.236 e. The van der Waals surface area contributed by atoms with Gasteiger partial charge in [-0.3, -0.25) is 9.59 Å². The number of nitrogens with one attached hydrogen (secondary N) is 2. The molecule has 1 aliphatic rings. The van der Waals surface area contributed by atoms with E-state index in [2.05, 4.69) is 15.6 Å². The van der Waals surface area contributed by atoms with Gasteiger partial charge in [-0.1, -0.05) is 36.4 Å². The van der Waals surface area contributed by atoms with E-state index in [1.807, 2.05) is 60.0 Å². The van der Waals surface area contributed by atoms with Crippen molar-refractivity contribution in [3.63, 3.8) is 0 Å². The molecule has 2 amide bonds. The Morgan fingerprint density at radius 2 is 1.89 bits per heavy atom. The molecule has 142 valence electrons. The van der Waals surface area contributed by atoms with Crippen LogP contribution in [0.1, 0.15) is 12.8 Å². The molecular weight excluding hydrogens is 390 g/mol. The Bertz CT molecular complexity index is 984. The second kappa shape index (κ2) is 8.58. The van der Waals surface area contributed by atoms with Crippen LogP contribution in [0.5, 0.6) is 0 Å². The zero-order valence-corrected chi connectivity index (χ0v) is 16.7. The summed E-state index contributed by atoms with van der Waals surface area (Å²) in [7, 11) is 0. The summed E-state index contributed by atoms with van der Waals surface area (Å²) in [6.07, 6.45) is 1.95. The summed E-state index contributed by atoms with van der Waals surface area (Å²) in [5, 5.41) is 8.31. The molecule has 4 rings (SSSR count). The third kappa shape index (κ3) is 4.99. The normalized spacial score (nSPS) is 13.1. The molecule has 1 aliphatic carbocycles. The molecule has 28 heavy (non-hydrogen) atoms. The molecular formula is C21H19N3O2S2. The van der Waals surface area contributed by atoms with Gasteiger partial charge >= 0.3 is 0 Å². The zero-order chi connectivity index (χ0) is 19.3. The molecule has 0 aliphatic heterocycles. The molecule has 1 aromatic heterocycles. The summed E-state index contributed by atoms with van der Waals surface area (Å²) in [6.45, 7) is 0. The molecule has 0 unspecified atom stereocenters. The summed E-state index contributed by atoms with van der Waals surface area (Å²) >= 11 is 2.84. The van der Waals surface area contributed by atoms with Crippen molar-refractivity contribution < 1.29 is 9.59 Å². The van der Waals surface area contributed by atoms with Gasteiger partial charge in [-0.25, -0.2) is 4.98 Å². The van der Waals surface area contributed by atoms with E-state index in [0.717, 1.165) is 34.7 Å². The second-order valence-electron chi connectivity index (χ2n) is 6.53. The third-order valence-electron chi connectivity index (χ3n) is 4.24. The van der Waals surface area contributed by atoms with Crippen LogP contribution in [0.25, 0.3) is 11.3 Å². The summed E-state index contributed by atoms with van der Waals surface area (Å²) in [5.41, 5.74) is 2.65. The number of thioether (sulfide) groups is 1. The molecule has 0 saturated heterocycles. The largest absolute Gasteiger partial charge is 0.326 e. The molecule has 5 nitrogen and oxygen atoms in total. The first-order valence-electron chi connectivity index (χ1n) is 9.02. The summed E-state index contributed by atoms with van der Waals surface area (Å²) in [6, 6.07) is 17.5. The molecule has 2 N–H and O–H groups in total. The molecule has 1 heterocycles. The van der Waals surface area contributed by atoms with E-state index in [-0.39, 0.29) is 23.5 Å². The van der Waals surface area contributed by atoms with Gasteiger partial charge in [-0.05, 0) is 31.0 Å². The van der Waals surface area contributed by atoms with E-state index >= 15 is 0 Å². The topological polar surface area (TPSA) is 71.1 Å². The number of amides is 2. The average molecular weight is 410 g/mol. The van der Waals surface area contributed by atoms with Crippen molar-refractivity contribution in [1.82, 2.24) is 4.98 Å². The number of rotatable bonds is 7. The first kappa shape index (κ1) is 18.7. The lowest BCUT2D eigenvalue weighted by Gasteiger charge is -2.07. The number of anilines is 2. The predicted molar refractivity (Wildman–Crippen MR) is 115 cm³/mol. The third-order valence-corrected chi connectivity index (χ3v) is 5.99. The fourth-order valence-corrected chi connectivity index (χ4v) is 4.12. The highest BCUT2D eigenvalue weighted by Crippen LogP contribution is 2.31. The molecule has 7 heteroatoms. The lowest BCUT2D eigenvalue weighted by molar-refractivity contribution is -0.117. The van der Waals surface area contributed by atoms with E-state index in [1.54, 1.807) is 0 Å². The Kier molecular flexibility index (Phi) is 5.73. The maximum absolute atomic E-state index is 12.3. The fourth-order valence-electron chi connectivity index (χ4n) is 2.63. The number of nitrogens with zero attached hydrogens (tertiary/aromatic N) is 1. The Hall–Kier alpha value is -2.64. The van der Waals surface area contributed by atoms with E-state index in [9.17, 15) is 9.59 Å². The molecule has 0 atom stereocenters. The standard InChI is InChI=1S/C21H19N3O2S2/c25-19(24-21-23-18(12-28-21)14-5-2-1-3-6-14)13-27-17-8-4-7-16(11-17)22-20(26)15-9-10-15/h1-8,11-12,15H,9-10,13H2,(H,22,26)(H,23,24,25). The SMILES string of the molecule is O=C(CSc1cccc(NC(=O)C2CC2)c1)Nc1nc(-c2ccccc2)cs1. The number of hydrogen-bond acceptors (Lipinski definition) is 5. The highest BCUT2D eigenvalue weighted by molar-refractivity contribution is 8.00. The molecule has 3 aromatic rings. The second-order valence-corrected chi connectivity index (χ2v) is 8.44. The summed E-state index contributed by atoms with van der Waals surface area (Å²) in [5.74, 6) is 0.422. The zero-order valence-electron chi connectivity index (χ0n) is 15.1.